The summed E-state index contributed by atoms with van der Waals surface area (Å²) in [4.78, 5) is 19.6. The molecule has 0 aliphatic carbocycles. The summed E-state index contributed by atoms with van der Waals surface area (Å²) in [5.74, 6) is 0.0428. The van der Waals surface area contributed by atoms with E-state index in [-0.39, 0.29) is 11.9 Å². The van der Waals surface area contributed by atoms with Crippen molar-refractivity contribution < 1.29 is 4.79 Å². The van der Waals surface area contributed by atoms with E-state index in [9.17, 15) is 4.79 Å². The highest BCUT2D eigenvalue weighted by Gasteiger charge is 2.30. The Morgan fingerprint density at radius 3 is 2.88 bits per heavy atom. The fourth-order valence-electron chi connectivity index (χ4n) is 3.53. The highest BCUT2D eigenvalue weighted by Crippen LogP contribution is 2.36. The van der Waals surface area contributed by atoms with Gasteiger partial charge in [-0.05, 0) is 68.6 Å². The van der Waals surface area contributed by atoms with E-state index in [1.807, 2.05) is 30.3 Å². The number of nitrogens with zero attached hydrogens (tertiary/aromatic N) is 2. The summed E-state index contributed by atoms with van der Waals surface area (Å²) in [7, 11) is 0. The van der Waals surface area contributed by atoms with Crippen molar-refractivity contribution >= 4 is 33.1 Å². The zero-order chi connectivity index (χ0) is 18.1. The molecular formula is C21H23N3OS. The molecule has 1 saturated heterocycles. The molecule has 0 unspecified atom stereocenters. The monoisotopic (exact) mass is 365 g/mol. The van der Waals surface area contributed by atoms with Crippen molar-refractivity contribution in [3.8, 4) is 0 Å². The molecule has 1 aromatic heterocycles. The minimum atomic E-state index is 0.0428. The summed E-state index contributed by atoms with van der Waals surface area (Å²) in [6.45, 7) is 5.50. The van der Waals surface area contributed by atoms with Gasteiger partial charge < -0.3 is 5.32 Å². The Labute approximate surface area is 157 Å². The van der Waals surface area contributed by atoms with Crippen molar-refractivity contribution in [3.63, 3.8) is 0 Å². The second-order valence-corrected chi connectivity index (χ2v) is 8.06. The third kappa shape index (κ3) is 3.50. The number of carbonyl (C=O) groups excluding carboxylic acids is 1. The van der Waals surface area contributed by atoms with Crippen molar-refractivity contribution in [3.05, 3.63) is 58.6 Å². The topological polar surface area (TPSA) is 45.2 Å². The van der Waals surface area contributed by atoms with E-state index in [1.165, 1.54) is 15.8 Å². The summed E-state index contributed by atoms with van der Waals surface area (Å²) in [5.41, 5.74) is 4.35. The van der Waals surface area contributed by atoms with E-state index in [1.54, 1.807) is 11.3 Å². The number of thiazole rings is 1. The number of likely N-dealkylation sites (tertiary alicyclic amines) is 1. The molecule has 3 aromatic rings. The number of aryl methyl sites for hydroxylation is 2. The Kier molecular flexibility index (Phi) is 4.74. The molecule has 0 bridgehead atoms. The van der Waals surface area contributed by atoms with Gasteiger partial charge in [-0.2, -0.15) is 0 Å². The fourth-order valence-corrected chi connectivity index (χ4v) is 4.67. The van der Waals surface area contributed by atoms with Gasteiger partial charge in [0.15, 0.2) is 0 Å². The van der Waals surface area contributed by atoms with Crippen LogP contribution in [0.1, 0.15) is 35.0 Å². The van der Waals surface area contributed by atoms with Crippen LogP contribution in [0.15, 0.2) is 42.5 Å². The van der Waals surface area contributed by atoms with E-state index in [4.69, 9.17) is 4.98 Å². The number of carbonyl (C=O) groups is 1. The van der Waals surface area contributed by atoms with Crippen LogP contribution in [-0.4, -0.2) is 28.9 Å². The summed E-state index contributed by atoms with van der Waals surface area (Å²) in [6.07, 6.45) is 2.17. The maximum Gasteiger partial charge on any atom is 0.238 e. The normalized spacial score (nSPS) is 17.7. The second-order valence-electron chi connectivity index (χ2n) is 7.00. The maximum absolute atomic E-state index is 12.5. The van der Waals surface area contributed by atoms with Crippen LogP contribution < -0.4 is 5.32 Å². The molecule has 1 N–H and O–H groups in total. The average molecular weight is 366 g/mol. The van der Waals surface area contributed by atoms with Crippen molar-refractivity contribution in [1.82, 2.24) is 9.88 Å². The van der Waals surface area contributed by atoms with Gasteiger partial charge in [-0.3, -0.25) is 9.69 Å². The molecule has 0 radical (unpaired) electrons. The Bertz CT molecular complexity index is 916. The zero-order valence-electron chi connectivity index (χ0n) is 15.2. The molecule has 26 heavy (non-hydrogen) atoms. The first kappa shape index (κ1) is 17.2. The number of fused-ring (bicyclic) bond motifs is 1. The van der Waals surface area contributed by atoms with Crippen LogP contribution in [0.2, 0.25) is 0 Å². The number of hydrogen-bond acceptors (Lipinski definition) is 4. The lowest BCUT2D eigenvalue weighted by atomic mass is 10.1. The van der Waals surface area contributed by atoms with Gasteiger partial charge in [0.25, 0.3) is 0 Å². The standard InChI is InChI=1S/C21H23N3OS/c1-14-9-10-16(12-15(14)2)22-20(25)13-24-11-5-7-18(24)21-23-17-6-3-4-8-19(17)26-21/h3-4,6,8-10,12,18H,5,7,11,13H2,1-2H3,(H,22,25)/t18-/m0/s1. The quantitative estimate of drug-likeness (QED) is 0.729. The van der Waals surface area contributed by atoms with E-state index < -0.39 is 0 Å². The molecule has 1 amide bonds. The number of anilines is 1. The largest absolute Gasteiger partial charge is 0.325 e. The third-order valence-corrected chi connectivity index (χ3v) is 6.23. The number of benzene rings is 2. The van der Waals surface area contributed by atoms with E-state index in [2.05, 4.69) is 36.2 Å². The second kappa shape index (κ2) is 7.17. The Balaban J connectivity index is 1.46. The van der Waals surface area contributed by atoms with Crippen LogP contribution in [0.3, 0.4) is 0 Å². The molecular weight excluding hydrogens is 342 g/mol. The number of amides is 1. The van der Waals surface area contributed by atoms with Crippen LogP contribution in [0, 0.1) is 13.8 Å². The van der Waals surface area contributed by atoms with Crippen LogP contribution in [0.25, 0.3) is 10.2 Å². The lowest BCUT2D eigenvalue weighted by Crippen LogP contribution is -2.32. The summed E-state index contributed by atoms with van der Waals surface area (Å²) in [5, 5.41) is 4.17. The molecule has 5 heteroatoms. The maximum atomic E-state index is 12.5. The van der Waals surface area contributed by atoms with Crippen LogP contribution in [0.4, 0.5) is 5.69 Å². The molecule has 1 fully saturated rings. The van der Waals surface area contributed by atoms with Gasteiger partial charge in [0, 0.05) is 5.69 Å². The van der Waals surface area contributed by atoms with Gasteiger partial charge in [-0.15, -0.1) is 11.3 Å². The molecule has 1 aliphatic rings. The van der Waals surface area contributed by atoms with Gasteiger partial charge in [-0.25, -0.2) is 4.98 Å². The first-order valence-electron chi connectivity index (χ1n) is 9.07. The number of hydrogen-bond donors (Lipinski definition) is 1. The van der Waals surface area contributed by atoms with Crippen molar-refractivity contribution in [2.75, 3.05) is 18.4 Å². The van der Waals surface area contributed by atoms with E-state index in [0.29, 0.717) is 6.54 Å². The van der Waals surface area contributed by atoms with Gasteiger partial charge in [0.2, 0.25) is 5.91 Å². The van der Waals surface area contributed by atoms with Crippen molar-refractivity contribution in [2.45, 2.75) is 32.7 Å². The number of para-hydroxylation sites is 1. The molecule has 4 nitrogen and oxygen atoms in total. The zero-order valence-corrected chi connectivity index (χ0v) is 16.0. The fraction of sp³-hybridized carbons (Fsp3) is 0.333. The predicted octanol–water partition coefficient (Wildman–Crippen LogP) is 4.69. The number of aromatic nitrogens is 1. The highest BCUT2D eigenvalue weighted by atomic mass is 32.1. The summed E-state index contributed by atoms with van der Waals surface area (Å²) in [6, 6.07) is 14.5. The Morgan fingerprint density at radius 2 is 2.08 bits per heavy atom. The first-order valence-corrected chi connectivity index (χ1v) is 9.88. The molecule has 1 aliphatic heterocycles. The molecule has 134 valence electrons. The molecule has 0 spiro atoms. The van der Waals surface area contributed by atoms with Crippen molar-refractivity contribution in [1.29, 1.82) is 0 Å². The number of nitrogens with one attached hydrogen (secondary N) is 1. The molecule has 2 aromatic carbocycles. The third-order valence-electron chi connectivity index (χ3n) is 5.10. The van der Waals surface area contributed by atoms with Crippen LogP contribution in [0.5, 0.6) is 0 Å². The van der Waals surface area contributed by atoms with Crippen molar-refractivity contribution in [2.24, 2.45) is 0 Å². The molecule has 2 heterocycles. The lowest BCUT2D eigenvalue weighted by Gasteiger charge is -2.22. The van der Waals surface area contributed by atoms with Crippen LogP contribution >= 0.6 is 11.3 Å². The van der Waals surface area contributed by atoms with Gasteiger partial charge in [0.05, 0.1) is 22.8 Å². The Morgan fingerprint density at radius 1 is 1.23 bits per heavy atom. The molecule has 4 rings (SSSR count). The highest BCUT2D eigenvalue weighted by molar-refractivity contribution is 7.18. The summed E-state index contributed by atoms with van der Waals surface area (Å²) >= 11 is 1.75. The average Bonchev–Trinajstić information content (AvgIpc) is 3.24. The number of rotatable bonds is 4. The first-order chi connectivity index (χ1) is 12.6. The molecule has 1 atom stereocenters. The minimum absolute atomic E-state index is 0.0428. The van der Waals surface area contributed by atoms with E-state index in [0.717, 1.165) is 35.6 Å². The smallest absolute Gasteiger partial charge is 0.238 e. The SMILES string of the molecule is Cc1ccc(NC(=O)CN2CCC[C@H]2c2nc3ccccc3s2)cc1C. The van der Waals surface area contributed by atoms with Gasteiger partial charge >= 0.3 is 0 Å². The van der Waals surface area contributed by atoms with Gasteiger partial charge in [0.1, 0.15) is 5.01 Å². The molecule has 0 saturated carbocycles. The lowest BCUT2D eigenvalue weighted by molar-refractivity contribution is -0.117. The Hall–Kier alpha value is -2.24. The van der Waals surface area contributed by atoms with Gasteiger partial charge in [-0.1, -0.05) is 18.2 Å². The van der Waals surface area contributed by atoms with E-state index >= 15 is 0 Å². The predicted molar refractivity (Wildman–Crippen MR) is 108 cm³/mol. The minimum Gasteiger partial charge on any atom is -0.325 e. The summed E-state index contributed by atoms with van der Waals surface area (Å²) < 4.78 is 1.22. The van der Waals surface area contributed by atoms with Crippen LogP contribution in [-0.2, 0) is 4.79 Å².